The number of aromatic nitrogens is 2. The Labute approximate surface area is 117 Å². The van der Waals surface area contributed by atoms with Crippen molar-refractivity contribution in [2.75, 3.05) is 13.2 Å². The third-order valence-corrected chi connectivity index (χ3v) is 3.84. The maximum atomic E-state index is 10.0. The van der Waals surface area contributed by atoms with Gasteiger partial charge in [0.1, 0.15) is 0 Å². The van der Waals surface area contributed by atoms with E-state index in [-0.39, 0.29) is 6.10 Å². The van der Waals surface area contributed by atoms with Crippen LogP contribution in [0.5, 0.6) is 0 Å². The molecule has 0 bridgehead atoms. The maximum absolute atomic E-state index is 10.0. The van der Waals surface area contributed by atoms with Gasteiger partial charge in [-0.05, 0) is 42.6 Å². The van der Waals surface area contributed by atoms with Crippen molar-refractivity contribution in [3.63, 3.8) is 0 Å². The highest BCUT2D eigenvalue weighted by atomic mass is 79.9. The number of aryl methyl sites for hydroxylation is 2. The number of halogens is 1. The molecule has 1 atom stereocenters. The van der Waals surface area contributed by atoms with Crippen molar-refractivity contribution in [2.45, 2.75) is 52.7 Å². The molecule has 0 saturated carbocycles. The Balaban J connectivity index is 2.67. The van der Waals surface area contributed by atoms with Crippen molar-refractivity contribution in [1.82, 2.24) is 9.78 Å². The minimum absolute atomic E-state index is 0.375. The summed E-state index contributed by atoms with van der Waals surface area (Å²) in [6, 6.07) is 0. The Hall–Kier alpha value is -0.390. The van der Waals surface area contributed by atoms with E-state index in [1.807, 2.05) is 11.6 Å². The lowest BCUT2D eigenvalue weighted by molar-refractivity contribution is 0.0876. The van der Waals surface area contributed by atoms with Gasteiger partial charge in [0.25, 0.3) is 0 Å². The highest BCUT2D eigenvalue weighted by Gasteiger charge is 2.17. The minimum Gasteiger partial charge on any atom is -0.393 e. The van der Waals surface area contributed by atoms with Gasteiger partial charge in [-0.3, -0.25) is 4.68 Å². The van der Waals surface area contributed by atoms with Crippen molar-refractivity contribution in [1.29, 1.82) is 0 Å². The van der Waals surface area contributed by atoms with Crippen molar-refractivity contribution in [3.8, 4) is 0 Å². The molecule has 1 aromatic rings. The monoisotopic (exact) mass is 318 g/mol. The first kappa shape index (κ1) is 15.7. The topological polar surface area (TPSA) is 47.3 Å². The summed E-state index contributed by atoms with van der Waals surface area (Å²) >= 11 is 3.59. The Morgan fingerprint density at radius 1 is 1.39 bits per heavy atom. The molecule has 0 fully saturated rings. The van der Waals surface area contributed by atoms with E-state index >= 15 is 0 Å². The molecule has 1 N–H and O–H groups in total. The van der Waals surface area contributed by atoms with E-state index in [0.717, 1.165) is 28.8 Å². The van der Waals surface area contributed by atoms with Crippen molar-refractivity contribution in [3.05, 3.63) is 15.9 Å². The highest BCUT2D eigenvalue weighted by Crippen LogP contribution is 2.24. The molecule has 104 valence electrons. The van der Waals surface area contributed by atoms with Crippen LogP contribution in [-0.4, -0.2) is 34.2 Å². The van der Waals surface area contributed by atoms with E-state index in [9.17, 15) is 5.11 Å². The van der Waals surface area contributed by atoms with Gasteiger partial charge in [0.15, 0.2) is 0 Å². The first-order chi connectivity index (χ1) is 8.63. The Morgan fingerprint density at radius 2 is 2.11 bits per heavy atom. The molecule has 0 amide bonds. The van der Waals surface area contributed by atoms with Crippen molar-refractivity contribution in [2.24, 2.45) is 0 Å². The molecule has 0 aliphatic heterocycles. The lowest BCUT2D eigenvalue weighted by Crippen LogP contribution is -2.17. The number of hydrogen-bond donors (Lipinski definition) is 1. The largest absolute Gasteiger partial charge is 0.393 e. The van der Waals surface area contributed by atoms with Crippen LogP contribution in [0.25, 0.3) is 0 Å². The van der Waals surface area contributed by atoms with Crippen LogP contribution in [0.15, 0.2) is 4.47 Å². The smallest absolute Gasteiger partial charge is 0.0766 e. The van der Waals surface area contributed by atoms with Crippen LogP contribution in [-0.2, 0) is 24.1 Å². The van der Waals surface area contributed by atoms with Crippen LogP contribution in [0, 0.1) is 0 Å². The summed E-state index contributed by atoms with van der Waals surface area (Å²) in [5.41, 5.74) is 2.14. The number of aliphatic hydroxyl groups excluding tert-OH is 1. The van der Waals surface area contributed by atoms with E-state index in [4.69, 9.17) is 4.74 Å². The lowest BCUT2D eigenvalue weighted by atomic mass is 10.1. The van der Waals surface area contributed by atoms with Crippen molar-refractivity contribution < 1.29 is 9.84 Å². The van der Waals surface area contributed by atoms with Crippen LogP contribution in [0.2, 0.25) is 0 Å². The fourth-order valence-electron chi connectivity index (χ4n) is 1.90. The molecular formula is C13H23BrN2O2. The van der Waals surface area contributed by atoms with Crippen LogP contribution < -0.4 is 0 Å². The fourth-order valence-corrected chi connectivity index (χ4v) is 2.63. The predicted octanol–water partition coefficient (Wildman–Crippen LogP) is 2.56. The molecule has 0 aliphatic rings. The van der Waals surface area contributed by atoms with Crippen LogP contribution in [0.3, 0.4) is 0 Å². The third-order valence-electron chi connectivity index (χ3n) is 2.92. The van der Waals surface area contributed by atoms with Gasteiger partial charge in [-0.15, -0.1) is 0 Å². The molecule has 0 aliphatic carbocycles. The van der Waals surface area contributed by atoms with Crippen LogP contribution in [0.1, 0.15) is 38.6 Å². The highest BCUT2D eigenvalue weighted by molar-refractivity contribution is 9.10. The molecule has 0 aromatic carbocycles. The van der Waals surface area contributed by atoms with Crippen LogP contribution in [0.4, 0.5) is 0 Å². The Bertz CT molecular complexity index is 366. The summed E-state index contributed by atoms with van der Waals surface area (Å²) < 4.78 is 8.27. The summed E-state index contributed by atoms with van der Waals surface area (Å²) in [6.07, 6.45) is 1.81. The number of ether oxygens (including phenoxy) is 1. The molecule has 18 heavy (non-hydrogen) atoms. The van der Waals surface area contributed by atoms with Gasteiger partial charge in [-0.25, -0.2) is 0 Å². The zero-order chi connectivity index (χ0) is 13.5. The molecule has 1 rings (SSSR count). The summed E-state index contributed by atoms with van der Waals surface area (Å²) in [5.74, 6) is 0. The second-order valence-corrected chi connectivity index (χ2v) is 5.01. The zero-order valence-electron chi connectivity index (χ0n) is 11.4. The van der Waals surface area contributed by atoms with Gasteiger partial charge in [0, 0.05) is 26.2 Å². The molecule has 1 aromatic heterocycles. The average molecular weight is 319 g/mol. The van der Waals surface area contributed by atoms with Gasteiger partial charge < -0.3 is 9.84 Å². The van der Waals surface area contributed by atoms with Gasteiger partial charge >= 0.3 is 0 Å². The number of nitrogens with zero attached hydrogens (tertiary/aromatic N) is 2. The van der Waals surface area contributed by atoms with E-state index in [0.29, 0.717) is 26.1 Å². The molecule has 0 saturated heterocycles. The predicted molar refractivity (Wildman–Crippen MR) is 75.8 cm³/mol. The summed E-state index contributed by atoms with van der Waals surface area (Å²) in [4.78, 5) is 0. The average Bonchev–Trinajstić information content (AvgIpc) is 2.66. The molecule has 0 radical (unpaired) electrons. The standard InChI is InChI=1S/C13H23BrN2O2/c1-4-11-13(14)12(16(5-2)15-11)9-10(17)7-8-18-6-3/h10,17H,4-9H2,1-3H3. The second kappa shape index (κ2) is 7.92. The number of rotatable bonds is 8. The number of aliphatic hydroxyl groups is 1. The lowest BCUT2D eigenvalue weighted by Gasteiger charge is -2.12. The van der Waals surface area contributed by atoms with Gasteiger partial charge in [0.2, 0.25) is 0 Å². The fraction of sp³-hybridized carbons (Fsp3) is 0.769. The molecule has 1 unspecified atom stereocenters. The van der Waals surface area contributed by atoms with E-state index in [1.165, 1.54) is 0 Å². The molecule has 4 nitrogen and oxygen atoms in total. The third kappa shape index (κ3) is 4.07. The van der Waals surface area contributed by atoms with Gasteiger partial charge in [0.05, 0.1) is 22.0 Å². The number of hydrogen-bond acceptors (Lipinski definition) is 3. The molecule has 1 heterocycles. The zero-order valence-corrected chi connectivity index (χ0v) is 13.0. The Kier molecular flexibility index (Phi) is 6.89. The molecule has 0 spiro atoms. The van der Waals surface area contributed by atoms with E-state index in [2.05, 4.69) is 34.9 Å². The quantitative estimate of drug-likeness (QED) is 0.749. The molecule has 5 heteroatoms. The SMILES string of the molecule is CCOCCC(O)Cc1c(Br)c(CC)nn1CC. The van der Waals surface area contributed by atoms with E-state index in [1.54, 1.807) is 0 Å². The van der Waals surface area contributed by atoms with Gasteiger partial charge in [-0.1, -0.05) is 6.92 Å². The summed E-state index contributed by atoms with van der Waals surface area (Å²) in [7, 11) is 0. The summed E-state index contributed by atoms with van der Waals surface area (Å²) in [5, 5.41) is 14.5. The normalized spacial score (nSPS) is 12.9. The first-order valence-electron chi connectivity index (χ1n) is 6.63. The maximum Gasteiger partial charge on any atom is 0.0766 e. The summed E-state index contributed by atoms with van der Waals surface area (Å²) in [6.45, 7) is 8.24. The molecular weight excluding hydrogens is 296 g/mol. The van der Waals surface area contributed by atoms with E-state index < -0.39 is 0 Å². The minimum atomic E-state index is -0.375. The van der Waals surface area contributed by atoms with Crippen molar-refractivity contribution >= 4 is 15.9 Å². The second-order valence-electron chi connectivity index (χ2n) is 4.22. The Morgan fingerprint density at radius 3 is 2.67 bits per heavy atom. The van der Waals surface area contributed by atoms with Crippen LogP contribution >= 0.6 is 15.9 Å². The van der Waals surface area contributed by atoms with Gasteiger partial charge in [-0.2, -0.15) is 5.10 Å². The first-order valence-corrected chi connectivity index (χ1v) is 7.43.